The number of hydrogen-bond acceptors (Lipinski definition) is 4. The molecule has 0 bridgehead atoms. The minimum Gasteiger partial charge on any atom is -0.479 e. The predicted molar refractivity (Wildman–Crippen MR) is 58.4 cm³/mol. The number of nitro groups is 1. The monoisotopic (exact) mass is 343 g/mol. The van der Waals surface area contributed by atoms with Crippen molar-refractivity contribution >= 4 is 27.6 Å². The molecule has 1 aromatic rings. The molecule has 19 heavy (non-hydrogen) atoms. The second-order valence-corrected chi connectivity index (χ2v) is 4.30. The number of carboxylic acid groups (broad SMARTS) is 1. The molecule has 0 radical (unpaired) electrons. The van der Waals surface area contributed by atoms with Crippen LogP contribution in [-0.2, 0) is 11.0 Å². The highest BCUT2D eigenvalue weighted by Gasteiger charge is 2.42. The van der Waals surface area contributed by atoms with E-state index in [1.165, 1.54) is 0 Å². The average molecular weight is 344 g/mol. The van der Waals surface area contributed by atoms with Crippen molar-refractivity contribution in [2.24, 2.45) is 0 Å². The number of nitro benzene ring substituents is 1. The van der Waals surface area contributed by atoms with E-state index in [9.17, 15) is 33.2 Å². The second kappa shape index (κ2) is 5.13. The summed E-state index contributed by atoms with van der Waals surface area (Å²) in [5.74, 6) is -1.89. The highest BCUT2D eigenvalue weighted by Crippen LogP contribution is 2.41. The lowest BCUT2D eigenvalue weighted by molar-refractivity contribution is -0.389. The molecule has 0 aliphatic rings. The molecule has 0 amide bonds. The van der Waals surface area contributed by atoms with Gasteiger partial charge in [0.1, 0.15) is 5.56 Å². The van der Waals surface area contributed by atoms with Crippen LogP contribution in [0, 0.1) is 10.1 Å². The SMILES string of the molecule is O=C(O)C(O)c1cc(Br)cc(C(F)(F)F)c1[N+](=O)[O-]. The number of benzene rings is 1. The number of hydrogen-bond donors (Lipinski definition) is 2. The quantitative estimate of drug-likeness (QED) is 0.648. The molecule has 0 fully saturated rings. The lowest BCUT2D eigenvalue weighted by Gasteiger charge is -2.13. The smallest absolute Gasteiger partial charge is 0.423 e. The fourth-order valence-electron chi connectivity index (χ4n) is 1.38. The van der Waals surface area contributed by atoms with Crippen molar-refractivity contribution in [1.82, 2.24) is 0 Å². The topological polar surface area (TPSA) is 101 Å². The zero-order valence-electron chi connectivity index (χ0n) is 8.81. The van der Waals surface area contributed by atoms with Gasteiger partial charge in [-0.25, -0.2) is 4.79 Å². The van der Waals surface area contributed by atoms with Gasteiger partial charge < -0.3 is 10.2 Å². The van der Waals surface area contributed by atoms with Gasteiger partial charge in [0, 0.05) is 4.47 Å². The lowest BCUT2D eigenvalue weighted by atomic mass is 10.0. The first-order valence-electron chi connectivity index (χ1n) is 4.51. The highest BCUT2D eigenvalue weighted by molar-refractivity contribution is 9.10. The number of aliphatic hydroxyl groups is 1. The number of alkyl halides is 3. The summed E-state index contributed by atoms with van der Waals surface area (Å²) in [6.07, 6.45) is -7.49. The number of aliphatic hydroxyl groups excluding tert-OH is 1. The molecule has 2 N–H and O–H groups in total. The summed E-state index contributed by atoms with van der Waals surface area (Å²) in [5.41, 5.74) is -4.06. The molecule has 6 nitrogen and oxygen atoms in total. The number of rotatable bonds is 3. The van der Waals surface area contributed by atoms with Gasteiger partial charge in [0.05, 0.1) is 10.5 Å². The normalized spacial score (nSPS) is 13.1. The summed E-state index contributed by atoms with van der Waals surface area (Å²) in [7, 11) is 0. The summed E-state index contributed by atoms with van der Waals surface area (Å²) < 4.78 is 37.8. The van der Waals surface area contributed by atoms with E-state index >= 15 is 0 Å². The molecular weight excluding hydrogens is 339 g/mol. The van der Waals surface area contributed by atoms with E-state index < -0.39 is 40.0 Å². The molecule has 0 saturated heterocycles. The largest absolute Gasteiger partial charge is 0.479 e. The van der Waals surface area contributed by atoms with E-state index in [4.69, 9.17) is 5.11 Å². The molecule has 10 heteroatoms. The zero-order chi connectivity index (χ0) is 15.0. The van der Waals surface area contributed by atoms with Crippen LogP contribution < -0.4 is 0 Å². The summed E-state index contributed by atoms with van der Waals surface area (Å²) in [6, 6.07) is 1.20. The molecule has 0 heterocycles. The summed E-state index contributed by atoms with van der Waals surface area (Å²) in [4.78, 5) is 19.9. The maximum absolute atomic E-state index is 12.7. The van der Waals surface area contributed by atoms with Gasteiger partial charge in [0.2, 0.25) is 0 Å². The maximum atomic E-state index is 12.7. The van der Waals surface area contributed by atoms with E-state index in [2.05, 4.69) is 15.9 Å². The molecule has 0 aliphatic heterocycles. The van der Waals surface area contributed by atoms with Gasteiger partial charge in [-0.2, -0.15) is 13.2 Å². The van der Waals surface area contributed by atoms with Gasteiger partial charge in [0.25, 0.3) is 5.69 Å². The molecule has 104 valence electrons. The van der Waals surface area contributed by atoms with Gasteiger partial charge in [0.15, 0.2) is 6.10 Å². The van der Waals surface area contributed by atoms with E-state index in [0.717, 1.165) is 6.07 Å². The Morgan fingerprint density at radius 2 is 1.95 bits per heavy atom. The van der Waals surface area contributed by atoms with Crippen LogP contribution in [0.2, 0.25) is 0 Å². The van der Waals surface area contributed by atoms with Gasteiger partial charge in [-0.1, -0.05) is 15.9 Å². The Bertz CT molecular complexity index is 545. The third-order valence-electron chi connectivity index (χ3n) is 2.12. The fraction of sp³-hybridized carbons (Fsp3) is 0.222. The minimum absolute atomic E-state index is 0.235. The lowest BCUT2D eigenvalue weighted by Crippen LogP contribution is -2.16. The molecule has 1 unspecified atom stereocenters. The second-order valence-electron chi connectivity index (χ2n) is 3.39. The predicted octanol–water partition coefficient (Wildman–Crippen LogP) is 2.49. The first kappa shape index (κ1) is 15.4. The van der Waals surface area contributed by atoms with E-state index in [1.807, 2.05) is 0 Å². The molecule has 0 spiro atoms. The number of nitrogens with zero attached hydrogens (tertiary/aromatic N) is 1. The Hall–Kier alpha value is -1.68. The van der Waals surface area contributed by atoms with Crippen LogP contribution in [-0.4, -0.2) is 21.1 Å². The van der Waals surface area contributed by atoms with Crippen LogP contribution in [0.15, 0.2) is 16.6 Å². The Kier molecular flexibility index (Phi) is 4.15. The molecule has 1 rings (SSSR count). The number of halogens is 4. The molecule has 1 aromatic carbocycles. The first-order chi connectivity index (χ1) is 8.55. The first-order valence-corrected chi connectivity index (χ1v) is 5.31. The molecule has 0 aromatic heterocycles. The van der Waals surface area contributed by atoms with Crippen molar-refractivity contribution in [1.29, 1.82) is 0 Å². The van der Waals surface area contributed by atoms with Crippen molar-refractivity contribution in [3.05, 3.63) is 37.8 Å². The zero-order valence-corrected chi connectivity index (χ0v) is 10.4. The summed E-state index contributed by atoms with van der Waals surface area (Å²) in [6.45, 7) is 0. The number of carbonyl (C=O) groups is 1. The number of carboxylic acids is 1. The minimum atomic E-state index is -5.06. The molecule has 0 saturated carbocycles. The van der Waals surface area contributed by atoms with E-state index in [1.54, 1.807) is 0 Å². The van der Waals surface area contributed by atoms with Crippen LogP contribution in [0.1, 0.15) is 17.2 Å². The third-order valence-corrected chi connectivity index (χ3v) is 2.58. The maximum Gasteiger partial charge on any atom is 0.423 e. The Morgan fingerprint density at radius 3 is 2.32 bits per heavy atom. The highest BCUT2D eigenvalue weighted by atomic mass is 79.9. The van der Waals surface area contributed by atoms with Crippen LogP contribution in [0.25, 0.3) is 0 Å². The molecule has 1 atom stereocenters. The van der Waals surface area contributed by atoms with Crippen molar-refractivity contribution in [3.63, 3.8) is 0 Å². The van der Waals surface area contributed by atoms with Crippen molar-refractivity contribution in [2.75, 3.05) is 0 Å². The van der Waals surface area contributed by atoms with E-state index in [-0.39, 0.29) is 4.47 Å². The fourth-order valence-corrected chi connectivity index (χ4v) is 1.86. The Morgan fingerprint density at radius 1 is 1.42 bits per heavy atom. The number of aliphatic carboxylic acids is 1. The average Bonchev–Trinajstić information content (AvgIpc) is 2.24. The van der Waals surface area contributed by atoms with Gasteiger partial charge >= 0.3 is 12.1 Å². The van der Waals surface area contributed by atoms with Crippen LogP contribution in [0.5, 0.6) is 0 Å². The van der Waals surface area contributed by atoms with Crippen molar-refractivity contribution in [3.8, 4) is 0 Å². The van der Waals surface area contributed by atoms with Gasteiger partial charge in [-0.05, 0) is 12.1 Å². The Labute approximate surface area is 111 Å². The summed E-state index contributed by atoms with van der Waals surface area (Å²) >= 11 is 2.68. The molecular formula is C9H5BrF3NO5. The van der Waals surface area contributed by atoms with E-state index in [0.29, 0.717) is 6.07 Å². The molecule has 0 aliphatic carbocycles. The van der Waals surface area contributed by atoms with Crippen LogP contribution in [0.4, 0.5) is 18.9 Å². The van der Waals surface area contributed by atoms with Crippen molar-refractivity contribution < 1.29 is 33.1 Å². The standard InChI is InChI=1S/C9H5BrF3NO5/c10-3-1-4(7(15)8(16)17)6(14(18)19)5(2-3)9(11,12)13/h1-2,7,15H,(H,16,17). The third kappa shape index (κ3) is 3.20. The van der Waals surface area contributed by atoms with Gasteiger partial charge in [-0.3, -0.25) is 10.1 Å². The Balaban J connectivity index is 3.68. The van der Waals surface area contributed by atoms with Crippen LogP contribution >= 0.6 is 15.9 Å². The van der Waals surface area contributed by atoms with Gasteiger partial charge in [-0.15, -0.1) is 0 Å². The van der Waals surface area contributed by atoms with Crippen molar-refractivity contribution in [2.45, 2.75) is 12.3 Å². The summed E-state index contributed by atoms with van der Waals surface area (Å²) in [5, 5.41) is 28.5. The van der Waals surface area contributed by atoms with Crippen LogP contribution in [0.3, 0.4) is 0 Å².